The summed E-state index contributed by atoms with van der Waals surface area (Å²) in [5.74, 6) is 1.73. The first kappa shape index (κ1) is 14.1. The van der Waals surface area contributed by atoms with Crippen LogP contribution < -0.4 is 10.1 Å². The van der Waals surface area contributed by atoms with Crippen LogP contribution in [0.15, 0.2) is 46.9 Å². The van der Waals surface area contributed by atoms with E-state index < -0.39 is 0 Å². The Hall–Kier alpha value is -1.32. The Kier molecular flexibility index (Phi) is 5.00. The molecule has 0 unspecified atom stereocenters. The minimum absolute atomic E-state index is 0.842. The average molecular weight is 320 g/mol. The molecule has 0 bridgehead atoms. The van der Waals surface area contributed by atoms with Crippen molar-refractivity contribution in [2.75, 3.05) is 6.54 Å². The Labute approximate surface area is 122 Å². The third-order valence-electron chi connectivity index (χ3n) is 2.89. The van der Waals surface area contributed by atoms with Gasteiger partial charge in [0.15, 0.2) is 0 Å². The predicted molar refractivity (Wildman–Crippen MR) is 82.8 cm³/mol. The molecule has 0 spiro atoms. The maximum atomic E-state index is 5.93. The Morgan fingerprint density at radius 3 is 2.58 bits per heavy atom. The number of benzene rings is 2. The third-order valence-corrected chi connectivity index (χ3v) is 3.51. The number of halogens is 1. The van der Waals surface area contributed by atoms with Crippen LogP contribution in [0.5, 0.6) is 11.5 Å². The summed E-state index contributed by atoms with van der Waals surface area (Å²) in [4.78, 5) is 0. The van der Waals surface area contributed by atoms with Crippen molar-refractivity contribution in [3.05, 3.63) is 58.1 Å². The third kappa shape index (κ3) is 3.82. The number of hydrogen-bond donors (Lipinski definition) is 1. The van der Waals surface area contributed by atoms with E-state index in [0.717, 1.165) is 34.6 Å². The van der Waals surface area contributed by atoms with Gasteiger partial charge in [-0.1, -0.05) is 31.2 Å². The quantitative estimate of drug-likeness (QED) is 0.865. The van der Waals surface area contributed by atoms with Crippen LogP contribution in [0.4, 0.5) is 0 Å². The standard InChI is InChI=1S/C16H18BrNO/c1-3-18-11-13-8-9-16(14(17)10-13)19-15-7-5-4-6-12(15)2/h4-10,18H,3,11H2,1-2H3. The maximum absolute atomic E-state index is 5.93. The molecule has 0 fully saturated rings. The topological polar surface area (TPSA) is 21.3 Å². The summed E-state index contributed by atoms with van der Waals surface area (Å²) in [6.07, 6.45) is 0. The number of hydrogen-bond acceptors (Lipinski definition) is 2. The molecule has 0 aliphatic rings. The Balaban J connectivity index is 2.15. The molecule has 0 aliphatic carbocycles. The highest BCUT2D eigenvalue weighted by Gasteiger charge is 2.05. The summed E-state index contributed by atoms with van der Waals surface area (Å²) >= 11 is 3.57. The highest BCUT2D eigenvalue weighted by atomic mass is 79.9. The van der Waals surface area contributed by atoms with Gasteiger partial charge in [0.25, 0.3) is 0 Å². The SMILES string of the molecule is CCNCc1ccc(Oc2ccccc2C)c(Br)c1. The van der Waals surface area contributed by atoms with Crippen molar-refractivity contribution >= 4 is 15.9 Å². The highest BCUT2D eigenvalue weighted by Crippen LogP contribution is 2.31. The van der Waals surface area contributed by atoms with E-state index in [-0.39, 0.29) is 0 Å². The van der Waals surface area contributed by atoms with Gasteiger partial charge in [0.1, 0.15) is 11.5 Å². The molecule has 2 aromatic carbocycles. The molecule has 19 heavy (non-hydrogen) atoms. The van der Waals surface area contributed by atoms with E-state index in [1.165, 1.54) is 5.56 Å². The molecule has 0 saturated heterocycles. The van der Waals surface area contributed by atoms with E-state index in [4.69, 9.17) is 4.74 Å². The molecule has 2 rings (SSSR count). The highest BCUT2D eigenvalue weighted by molar-refractivity contribution is 9.10. The first-order valence-corrected chi connectivity index (χ1v) is 7.22. The lowest BCUT2D eigenvalue weighted by Gasteiger charge is -2.11. The molecular weight excluding hydrogens is 302 g/mol. The van der Waals surface area contributed by atoms with Crippen LogP contribution in [0, 0.1) is 6.92 Å². The molecule has 0 atom stereocenters. The van der Waals surface area contributed by atoms with Gasteiger partial charge >= 0.3 is 0 Å². The van der Waals surface area contributed by atoms with Gasteiger partial charge in [-0.15, -0.1) is 0 Å². The molecule has 2 nitrogen and oxygen atoms in total. The molecule has 0 aromatic heterocycles. The number of rotatable bonds is 5. The summed E-state index contributed by atoms with van der Waals surface area (Å²) in [6, 6.07) is 14.2. The lowest BCUT2D eigenvalue weighted by Crippen LogP contribution is -2.11. The van der Waals surface area contributed by atoms with Crippen molar-refractivity contribution in [2.45, 2.75) is 20.4 Å². The van der Waals surface area contributed by atoms with Crippen LogP contribution in [-0.4, -0.2) is 6.54 Å². The number of ether oxygens (including phenoxy) is 1. The molecule has 0 heterocycles. The van der Waals surface area contributed by atoms with E-state index in [0.29, 0.717) is 0 Å². The van der Waals surface area contributed by atoms with Gasteiger partial charge < -0.3 is 10.1 Å². The summed E-state index contributed by atoms with van der Waals surface area (Å²) in [7, 11) is 0. The van der Waals surface area contributed by atoms with Crippen molar-refractivity contribution in [1.82, 2.24) is 5.32 Å². The lowest BCUT2D eigenvalue weighted by molar-refractivity contribution is 0.475. The minimum atomic E-state index is 0.842. The average Bonchev–Trinajstić information content (AvgIpc) is 2.41. The Morgan fingerprint density at radius 2 is 1.89 bits per heavy atom. The second kappa shape index (κ2) is 6.73. The van der Waals surface area contributed by atoms with Gasteiger partial charge in [-0.25, -0.2) is 0 Å². The van der Waals surface area contributed by atoms with Crippen molar-refractivity contribution in [1.29, 1.82) is 0 Å². The Bertz CT molecular complexity index is 554. The van der Waals surface area contributed by atoms with Gasteiger partial charge in [0.05, 0.1) is 4.47 Å². The summed E-state index contributed by atoms with van der Waals surface area (Å²) < 4.78 is 6.91. The summed E-state index contributed by atoms with van der Waals surface area (Å²) in [5, 5.41) is 3.31. The lowest BCUT2D eigenvalue weighted by atomic mass is 10.2. The first-order valence-electron chi connectivity index (χ1n) is 6.43. The molecule has 0 aliphatic heterocycles. The van der Waals surface area contributed by atoms with Gasteiger partial charge in [-0.2, -0.15) is 0 Å². The van der Waals surface area contributed by atoms with E-state index in [1.54, 1.807) is 0 Å². The maximum Gasteiger partial charge on any atom is 0.141 e. The first-order chi connectivity index (χ1) is 9.20. The monoisotopic (exact) mass is 319 g/mol. The zero-order valence-corrected chi connectivity index (χ0v) is 12.8. The van der Waals surface area contributed by atoms with Crippen molar-refractivity contribution in [3.63, 3.8) is 0 Å². The summed E-state index contributed by atoms with van der Waals surface area (Å²) in [5.41, 5.74) is 2.37. The molecule has 1 N–H and O–H groups in total. The van der Waals surface area contributed by atoms with E-state index in [9.17, 15) is 0 Å². The fourth-order valence-electron chi connectivity index (χ4n) is 1.80. The second-order valence-corrected chi connectivity index (χ2v) is 5.27. The molecular formula is C16H18BrNO. The largest absolute Gasteiger partial charge is 0.456 e. The molecule has 100 valence electrons. The van der Waals surface area contributed by atoms with Crippen LogP contribution >= 0.6 is 15.9 Å². The van der Waals surface area contributed by atoms with Gasteiger partial charge in [0.2, 0.25) is 0 Å². The predicted octanol–water partition coefficient (Wildman–Crippen LogP) is 4.66. The molecule has 0 radical (unpaired) electrons. The molecule has 0 amide bonds. The Morgan fingerprint density at radius 1 is 1.11 bits per heavy atom. The van der Waals surface area contributed by atoms with Crippen LogP contribution in [0.3, 0.4) is 0 Å². The smallest absolute Gasteiger partial charge is 0.141 e. The zero-order valence-electron chi connectivity index (χ0n) is 11.2. The van der Waals surface area contributed by atoms with Crippen molar-refractivity contribution < 1.29 is 4.74 Å². The van der Waals surface area contributed by atoms with Crippen molar-refractivity contribution in [2.24, 2.45) is 0 Å². The second-order valence-electron chi connectivity index (χ2n) is 4.41. The summed E-state index contributed by atoms with van der Waals surface area (Å²) in [6.45, 7) is 5.99. The molecule has 0 saturated carbocycles. The number of aryl methyl sites for hydroxylation is 1. The van der Waals surface area contributed by atoms with Gasteiger partial charge in [-0.3, -0.25) is 0 Å². The molecule has 3 heteroatoms. The fraction of sp³-hybridized carbons (Fsp3) is 0.250. The van der Waals surface area contributed by atoms with E-state index >= 15 is 0 Å². The van der Waals surface area contributed by atoms with Crippen molar-refractivity contribution in [3.8, 4) is 11.5 Å². The van der Waals surface area contributed by atoms with Crippen LogP contribution in [0.2, 0.25) is 0 Å². The minimum Gasteiger partial charge on any atom is -0.456 e. The van der Waals surface area contributed by atoms with Gasteiger partial charge in [0, 0.05) is 6.54 Å². The van der Waals surface area contributed by atoms with Gasteiger partial charge in [-0.05, 0) is 58.7 Å². The van der Waals surface area contributed by atoms with E-state index in [2.05, 4.69) is 40.3 Å². The van der Waals surface area contributed by atoms with Crippen LogP contribution in [0.1, 0.15) is 18.1 Å². The van der Waals surface area contributed by atoms with Crippen LogP contribution in [-0.2, 0) is 6.54 Å². The normalized spacial score (nSPS) is 10.5. The van der Waals surface area contributed by atoms with Crippen LogP contribution in [0.25, 0.3) is 0 Å². The number of nitrogens with one attached hydrogen (secondary N) is 1. The number of para-hydroxylation sites is 1. The molecule has 2 aromatic rings. The fourth-order valence-corrected chi connectivity index (χ4v) is 2.30. The zero-order chi connectivity index (χ0) is 13.7. The van der Waals surface area contributed by atoms with E-state index in [1.807, 2.05) is 37.3 Å².